The van der Waals surface area contributed by atoms with E-state index in [2.05, 4.69) is 9.97 Å². The maximum atomic E-state index is 13.4. The highest BCUT2D eigenvalue weighted by Gasteiger charge is 2.24. The topological polar surface area (TPSA) is 135 Å². The summed E-state index contributed by atoms with van der Waals surface area (Å²) < 4.78 is 18.7. The van der Waals surface area contributed by atoms with Crippen molar-refractivity contribution in [1.29, 1.82) is 0 Å². The molecule has 9 nitrogen and oxygen atoms in total. The Kier molecular flexibility index (Phi) is 4.47. The Hall–Kier alpha value is -3.79. The molecule has 29 heavy (non-hydrogen) atoms. The molecular formula is C19H13N3O6S. The van der Waals surface area contributed by atoms with Crippen LogP contribution in [0.1, 0.15) is 0 Å². The fraction of sp³-hybridized carbons (Fsp3) is 0.0526. The molecule has 2 N–H and O–H groups in total. The summed E-state index contributed by atoms with van der Waals surface area (Å²) >= 11 is 0. The van der Waals surface area contributed by atoms with Crippen molar-refractivity contribution in [2.75, 3.05) is 7.11 Å². The van der Waals surface area contributed by atoms with Crippen molar-refractivity contribution >= 4 is 38.3 Å². The van der Waals surface area contributed by atoms with Crippen molar-refractivity contribution < 1.29 is 13.9 Å². The Morgan fingerprint density at radius 1 is 0.931 bits per heavy atom. The Morgan fingerprint density at radius 3 is 2.17 bits per heavy atom. The molecule has 0 aliphatic heterocycles. The van der Waals surface area contributed by atoms with Crippen LogP contribution in [-0.4, -0.2) is 26.2 Å². The summed E-state index contributed by atoms with van der Waals surface area (Å²) in [5, 5.41) is 12.9. The highest BCUT2D eigenvalue weighted by atomic mass is 32.2. The molecule has 1 heterocycles. The van der Waals surface area contributed by atoms with E-state index < -0.39 is 32.5 Å². The van der Waals surface area contributed by atoms with Crippen LogP contribution in [0.15, 0.2) is 67.9 Å². The van der Waals surface area contributed by atoms with Gasteiger partial charge in [0.15, 0.2) is 0 Å². The number of methoxy groups -OCH3 is 1. The fourth-order valence-corrected chi connectivity index (χ4v) is 4.48. The van der Waals surface area contributed by atoms with E-state index in [9.17, 15) is 23.9 Å². The number of nitrogens with one attached hydrogen (secondary N) is 2. The maximum Gasteiger partial charge on any atom is 0.314 e. The normalized spacial score (nSPS) is 12.2. The highest BCUT2D eigenvalue weighted by Crippen LogP contribution is 2.35. The first-order valence-electron chi connectivity index (χ1n) is 8.33. The molecule has 146 valence electrons. The predicted molar refractivity (Wildman–Crippen MR) is 107 cm³/mol. The second-order valence-corrected chi connectivity index (χ2v) is 7.53. The van der Waals surface area contributed by atoms with Crippen LogP contribution in [-0.2, 0) is 10.8 Å². The molecule has 4 rings (SSSR count). The number of hydrogen-bond donors (Lipinski definition) is 2. The molecular weight excluding hydrogens is 398 g/mol. The summed E-state index contributed by atoms with van der Waals surface area (Å²) in [6, 6.07) is 12.7. The third-order valence-electron chi connectivity index (χ3n) is 4.46. The van der Waals surface area contributed by atoms with Crippen LogP contribution < -0.4 is 15.9 Å². The molecule has 0 radical (unpaired) electrons. The number of H-pyrrole nitrogens is 2. The van der Waals surface area contributed by atoms with Crippen molar-refractivity contribution in [3.63, 3.8) is 0 Å². The Morgan fingerprint density at radius 2 is 1.55 bits per heavy atom. The molecule has 4 aromatic rings. The number of nitro groups is 1. The van der Waals surface area contributed by atoms with Crippen LogP contribution in [0.3, 0.4) is 0 Å². The van der Waals surface area contributed by atoms with Crippen molar-refractivity contribution in [1.82, 2.24) is 9.97 Å². The number of ether oxygens (including phenoxy) is 1. The number of fused-ring (bicyclic) bond motifs is 2. The zero-order valence-corrected chi connectivity index (χ0v) is 15.7. The van der Waals surface area contributed by atoms with E-state index in [1.165, 1.54) is 13.2 Å². The van der Waals surface area contributed by atoms with Crippen molar-refractivity contribution in [2.24, 2.45) is 0 Å². The van der Waals surface area contributed by atoms with Gasteiger partial charge in [-0.2, -0.15) is 0 Å². The molecule has 0 bridgehead atoms. The Bertz CT molecular complexity index is 1440. The van der Waals surface area contributed by atoms with E-state index in [1.54, 1.807) is 36.4 Å². The molecule has 0 saturated heterocycles. The first kappa shape index (κ1) is 18.6. The van der Waals surface area contributed by atoms with Gasteiger partial charge < -0.3 is 14.7 Å². The van der Waals surface area contributed by atoms with E-state index >= 15 is 0 Å². The van der Waals surface area contributed by atoms with Crippen LogP contribution in [0.4, 0.5) is 5.69 Å². The van der Waals surface area contributed by atoms with Gasteiger partial charge in [-0.25, -0.2) is 4.21 Å². The summed E-state index contributed by atoms with van der Waals surface area (Å²) in [4.78, 5) is 39.0. The standard InChI is InChI=1S/C19H13N3O6S/c1-28-15-6-7-16(11-5-3-2-4-10(11)15)29(27)17-9-13-12(8-14(17)22(25)26)20-18(23)19(24)21-13/h2-9H,1H3,(H,20,23)(H,21,24). The molecule has 1 unspecified atom stereocenters. The zero-order chi connectivity index (χ0) is 20.7. The third kappa shape index (κ3) is 3.09. The van der Waals surface area contributed by atoms with E-state index in [0.717, 1.165) is 6.07 Å². The van der Waals surface area contributed by atoms with Gasteiger partial charge in [0, 0.05) is 16.8 Å². The van der Waals surface area contributed by atoms with Gasteiger partial charge in [-0.05, 0) is 18.2 Å². The quantitative estimate of drug-likeness (QED) is 0.301. The Balaban J connectivity index is 2.01. The average Bonchev–Trinajstić information content (AvgIpc) is 2.72. The molecule has 1 atom stereocenters. The lowest BCUT2D eigenvalue weighted by Gasteiger charge is -2.11. The second kappa shape index (κ2) is 6.99. The molecule has 0 amide bonds. The maximum absolute atomic E-state index is 13.4. The SMILES string of the molecule is COc1ccc(S(=O)c2cc3[nH]c(=O)c(=O)[nH]c3cc2[N+](=O)[O-])c2ccccc12. The van der Waals surface area contributed by atoms with E-state index in [-0.39, 0.29) is 15.9 Å². The minimum absolute atomic E-state index is 0.0710. The summed E-state index contributed by atoms with van der Waals surface area (Å²) in [6.45, 7) is 0. The fourth-order valence-electron chi connectivity index (χ4n) is 3.13. The number of aromatic nitrogens is 2. The molecule has 0 spiro atoms. The van der Waals surface area contributed by atoms with Gasteiger partial charge in [0.1, 0.15) is 10.6 Å². The number of benzene rings is 3. The number of hydrogen-bond acceptors (Lipinski definition) is 6. The number of nitrogens with zero attached hydrogens (tertiary/aromatic N) is 1. The molecule has 10 heteroatoms. The molecule has 3 aromatic carbocycles. The van der Waals surface area contributed by atoms with Crippen LogP contribution in [0.2, 0.25) is 0 Å². The van der Waals surface area contributed by atoms with Gasteiger partial charge in [-0.1, -0.05) is 24.3 Å². The summed E-state index contributed by atoms with van der Waals surface area (Å²) in [6.07, 6.45) is 0. The lowest BCUT2D eigenvalue weighted by atomic mass is 10.1. The first-order chi connectivity index (χ1) is 13.9. The van der Waals surface area contributed by atoms with Crippen molar-refractivity contribution in [3.8, 4) is 5.75 Å². The lowest BCUT2D eigenvalue weighted by molar-refractivity contribution is -0.387. The van der Waals surface area contributed by atoms with Crippen LogP contribution in [0, 0.1) is 10.1 Å². The molecule has 0 saturated carbocycles. The largest absolute Gasteiger partial charge is 0.496 e. The number of rotatable bonds is 4. The minimum atomic E-state index is -1.94. The van der Waals surface area contributed by atoms with Crippen LogP contribution in [0.5, 0.6) is 5.75 Å². The number of nitro benzene ring substituents is 1. The summed E-state index contributed by atoms with van der Waals surface area (Å²) in [5.74, 6) is 0.580. The van der Waals surface area contributed by atoms with E-state index in [4.69, 9.17) is 4.74 Å². The molecule has 0 aliphatic rings. The van der Waals surface area contributed by atoms with Crippen LogP contribution >= 0.6 is 0 Å². The van der Waals surface area contributed by atoms with Crippen molar-refractivity contribution in [3.05, 3.63) is 79.4 Å². The van der Waals surface area contributed by atoms with Gasteiger partial charge in [-0.3, -0.25) is 19.7 Å². The molecule has 0 aliphatic carbocycles. The minimum Gasteiger partial charge on any atom is -0.496 e. The monoisotopic (exact) mass is 411 g/mol. The molecule has 0 fully saturated rings. The van der Waals surface area contributed by atoms with Gasteiger partial charge in [0.05, 0.1) is 38.8 Å². The van der Waals surface area contributed by atoms with Crippen LogP contribution in [0.25, 0.3) is 21.8 Å². The van der Waals surface area contributed by atoms with E-state index in [1.807, 2.05) is 0 Å². The predicted octanol–water partition coefficient (Wildman–Crippen LogP) is 2.45. The summed E-state index contributed by atoms with van der Waals surface area (Å²) in [7, 11) is -0.425. The van der Waals surface area contributed by atoms with Gasteiger partial charge in [0.2, 0.25) is 0 Å². The second-order valence-electron chi connectivity index (χ2n) is 6.11. The van der Waals surface area contributed by atoms with Gasteiger partial charge in [0.25, 0.3) is 5.69 Å². The van der Waals surface area contributed by atoms with Gasteiger partial charge >= 0.3 is 11.1 Å². The lowest BCUT2D eigenvalue weighted by Crippen LogP contribution is -2.29. The highest BCUT2D eigenvalue weighted by molar-refractivity contribution is 7.85. The summed E-state index contributed by atoms with van der Waals surface area (Å²) in [5.41, 5.74) is -2.05. The average molecular weight is 411 g/mol. The zero-order valence-electron chi connectivity index (χ0n) is 14.9. The van der Waals surface area contributed by atoms with Crippen molar-refractivity contribution in [2.45, 2.75) is 9.79 Å². The third-order valence-corrected chi connectivity index (χ3v) is 5.94. The van der Waals surface area contributed by atoms with Gasteiger partial charge in [-0.15, -0.1) is 0 Å². The smallest absolute Gasteiger partial charge is 0.314 e. The molecule has 1 aromatic heterocycles. The number of aromatic amines is 2. The first-order valence-corrected chi connectivity index (χ1v) is 9.48. The Labute approximate surface area is 164 Å². The van der Waals surface area contributed by atoms with E-state index in [0.29, 0.717) is 21.4 Å².